The second-order valence-electron chi connectivity index (χ2n) is 4.56. The van der Waals surface area contributed by atoms with Gasteiger partial charge in [0.1, 0.15) is 18.1 Å². The van der Waals surface area contributed by atoms with Crippen molar-refractivity contribution >= 4 is 17.2 Å². The predicted molar refractivity (Wildman–Crippen MR) is 82.8 cm³/mol. The van der Waals surface area contributed by atoms with E-state index in [2.05, 4.69) is 10.3 Å². The molecule has 2 heterocycles. The molecule has 0 aliphatic carbocycles. The number of carbonyl (C=O) groups is 1. The van der Waals surface area contributed by atoms with E-state index in [1.54, 1.807) is 36.0 Å². The van der Waals surface area contributed by atoms with Crippen molar-refractivity contribution in [2.45, 2.75) is 13.2 Å². The molecule has 1 amide bonds. The molecule has 0 unspecified atom stereocenters. The number of ether oxygens (including phenoxy) is 1. The lowest BCUT2D eigenvalue weighted by molar-refractivity contribution is 0.0947. The summed E-state index contributed by atoms with van der Waals surface area (Å²) in [6.07, 6.45) is 1.58. The fourth-order valence-corrected chi connectivity index (χ4v) is 2.42. The Bertz CT molecular complexity index is 724. The van der Waals surface area contributed by atoms with Crippen molar-refractivity contribution < 1.29 is 13.9 Å². The van der Waals surface area contributed by atoms with Gasteiger partial charge in [-0.2, -0.15) is 0 Å². The van der Waals surface area contributed by atoms with Gasteiger partial charge in [-0.15, -0.1) is 11.3 Å². The van der Waals surface area contributed by atoms with Gasteiger partial charge in [0.2, 0.25) is 0 Å². The first-order valence-corrected chi connectivity index (χ1v) is 7.66. The topological polar surface area (TPSA) is 64.4 Å². The highest BCUT2D eigenvalue weighted by Gasteiger charge is 2.07. The fourth-order valence-electron chi connectivity index (χ4n) is 1.88. The minimum absolute atomic E-state index is 0.171. The summed E-state index contributed by atoms with van der Waals surface area (Å²) in [7, 11) is 0. The summed E-state index contributed by atoms with van der Waals surface area (Å²) in [5.74, 6) is 1.18. The Morgan fingerprint density at radius 2 is 2.27 bits per heavy atom. The fraction of sp³-hybridized carbons (Fsp3) is 0.125. The van der Waals surface area contributed by atoms with Crippen molar-refractivity contribution in [3.05, 3.63) is 70.6 Å². The predicted octanol–water partition coefficient (Wildman–Crippen LogP) is 3.25. The molecule has 0 saturated heterocycles. The number of benzene rings is 1. The first-order valence-electron chi connectivity index (χ1n) is 6.72. The van der Waals surface area contributed by atoms with Gasteiger partial charge in [-0.25, -0.2) is 4.98 Å². The van der Waals surface area contributed by atoms with E-state index in [1.807, 2.05) is 17.5 Å². The van der Waals surface area contributed by atoms with Crippen molar-refractivity contribution in [1.82, 2.24) is 10.3 Å². The number of aromatic nitrogens is 1. The molecule has 0 spiro atoms. The van der Waals surface area contributed by atoms with E-state index in [-0.39, 0.29) is 5.91 Å². The molecule has 22 heavy (non-hydrogen) atoms. The summed E-state index contributed by atoms with van der Waals surface area (Å²) >= 11 is 1.52. The van der Waals surface area contributed by atoms with Crippen LogP contribution in [-0.2, 0) is 13.2 Å². The summed E-state index contributed by atoms with van der Waals surface area (Å²) in [5.41, 5.74) is 3.18. The maximum Gasteiger partial charge on any atom is 0.251 e. The number of amides is 1. The van der Waals surface area contributed by atoms with E-state index in [4.69, 9.17) is 9.15 Å². The number of hydrogen-bond donors (Lipinski definition) is 1. The molecule has 0 aliphatic rings. The highest BCUT2D eigenvalue weighted by molar-refractivity contribution is 7.07. The molecule has 112 valence electrons. The molecule has 2 aromatic heterocycles. The van der Waals surface area contributed by atoms with Crippen LogP contribution in [0.4, 0.5) is 0 Å². The van der Waals surface area contributed by atoms with E-state index < -0.39 is 0 Å². The van der Waals surface area contributed by atoms with E-state index in [0.29, 0.717) is 30.2 Å². The van der Waals surface area contributed by atoms with Gasteiger partial charge in [0, 0.05) is 10.9 Å². The number of thiazole rings is 1. The second-order valence-corrected chi connectivity index (χ2v) is 5.28. The van der Waals surface area contributed by atoms with Crippen LogP contribution in [0.25, 0.3) is 0 Å². The molecular formula is C16H14N2O3S. The lowest BCUT2D eigenvalue weighted by atomic mass is 10.2. The number of hydrogen-bond acceptors (Lipinski definition) is 5. The Kier molecular flexibility index (Phi) is 4.50. The first kappa shape index (κ1) is 14.3. The molecule has 6 heteroatoms. The third kappa shape index (κ3) is 3.73. The number of furan rings is 1. The van der Waals surface area contributed by atoms with E-state index in [0.717, 1.165) is 5.69 Å². The number of nitrogens with one attached hydrogen (secondary N) is 1. The van der Waals surface area contributed by atoms with Gasteiger partial charge < -0.3 is 14.5 Å². The summed E-state index contributed by atoms with van der Waals surface area (Å²) < 4.78 is 10.8. The van der Waals surface area contributed by atoms with Gasteiger partial charge >= 0.3 is 0 Å². The highest BCUT2D eigenvalue weighted by Crippen LogP contribution is 2.15. The van der Waals surface area contributed by atoms with E-state index in [9.17, 15) is 4.79 Å². The summed E-state index contributed by atoms with van der Waals surface area (Å²) in [4.78, 5) is 16.3. The van der Waals surface area contributed by atoms with Crippen LogP contribution in [0.2, 0.25) is 0 Å². The lowest BCUT2D eigenvalue weighted by Gasteiger charge is -2.07. The molecule has 0 bridgehead atoms. The molecule has 5 nitrogen and oxygen atoms in total. The van der Waals surface area contributed by atoms with Crippen molar-refractivity contribution in [1.29, 1.82) is 0 Å². The Hall–Kier alpha value is -2.60. The number of rotatable bonds is 6. The van der Waals surface area contributed by atoms with Crippen LogP contribution in [0, 0.1) is 0 Å². The zero-order valence-corrected chi connectivity index (χ0v) is 12.5. The van der Waals surface area contributed by atoms with Crippen molar-refractivity contribution in [3.63, 3.8) is 0 Å². The van der Waals surface area contributed by atoms with Crippen molar-refractivity contribution in [2.24, 2.45) is 0 Å². The maximum atomic E-state index is 12.1. The molecular weight excluding hydrogens is 300 g/mol. The molecule has 0 fully saturated rings. The van der Waals surface area contributed by atoms with E-state index >= 15 is 0 Å². The smallest absolute Gasteiger partial charge is 0.251 e. The number of carbonyl (C=O) groups excluding carboxylic acids is 1. The van der Waals surface area contributed by atoms with Crippen LogP contribution >= 0.6 is 11.3 Å². The normalized spacial score (nSPS) is 10.4. The number of nitrogens with zero attached hydrogens (tertiary/aromatic N) is 1. The van der Waals surface area contributed by atoms with Crippen molar-refractivity contribution in [3.8, 4) is 5.75 Å². The van der Waals surface area contributed by atoms with Gasteiger partial charge in [-0.05, 0) is 30.3 Å². The zero-order chi connectivity index (χ0) is 15.2. The molecule has 0 radical (unpaired) electrons. The minimum atomic E-state index is -0.171. The zero-order valence-electron chi connectivity index (χ0n) is 11.7. The largest absolute Gasteiger partial charge is 0.487 e. The molecule has 0 aliphatic heterocycles. The van der Waals surface area contributed by atoms with Gasteiger partial charge in [0.15, 0.2) is 0 Å². The summed E-state index contributed by atoms with van der Waals surface area (Å²) in [6, 6.07) is 10.7. The maximum absolute atomic E-state index is 12.1. The van der Waals surface area contributed by atoms with Gasteiger partial charge in [-0.3, -0.25) is 4.79 Å². The Labute approximate surface area is 131 Å². The minimum Gasteiger partial charge on any atom is -0.487 e. The SMILES string of the molecule is O=C(NCc1ccco1)c1cccc(OCc2cscn2)c1. The Morgan fingerprint density at radius 1 is 1.32 bits per heavy atom. The van der Waals surface area contributed by atoms with Crippen LogP contribution in [0.15, 0.2) is 58.0 Å². The molecule has 1 N–H and O–H groups in total. The average molecular weight is 314 g/mol. The summed E-state index contributed by atoms with van der Waals surface area (Å²) in [5, 5.41) is 4.73. The molecule has 1 aromatic carbocycles. The van der Waals surface area contributed by atoms with E-state index in [1.165, 1.54) is 11.3 Å². The van der Waals surface area contributed by atoms with Gasteiger partial charge in [-0.1, -0.05) is 6.07 Å². The van der Waals surface area contributed by atoms with Crippen molar-refractivity contribution in [2.75, 3.05) is 0 Å². The van der Waals surface area contributed by atoms with Gasteiger partial charge in [0.25, 0.3) is 5.91 Å². The molecule has 3 aromatic rings. The van der Waals surface area contributed by atoms with Crippen LogP contribution in [0.3, 0.4) is 0 Å². The van der Waals surface area contributed by atoms with Crippen LogP contribution < -0.4 is 10.1 Å². The lowest BCUT2D eigenvalue weighted by Crippen LogP contribution is -2.22. The van der Waals surface area contributed by atoms with Crippen LogP contribution in [0.5, 0.6) is 5.75 Å². The molecule has 3 rings (SSSR count). The third-order valence-corrected chi connectivity index (χ3v) is 3.60. The summed E-state index contributed by atoms with van der Waals surface area (Å²) in [6.45, 7) is 0.747. The Balaban J connectivity index is 1.59. The molecule has 0 atom stereocenters. The van der Waals surface area contributed by atoms with Gasteiger partial charge in [0.05, 0.1) is 24.0 Å². The second kappa shape index (κ2) is 6.91. The van der Waals surface area contributed by atoms with Crippen LogP contribution in [-0.4, -0.2) is 10.9 Å². The van der Waals surface area contributed by atoms with Crippen LogP contribution in [0.1, 0.15) is 21.8 Å². The third-order valence-electron chi connectivity index (χ3n) is 2.97. The Morgan fingerprint density at radius 3 is 3.05 bits per heavy atom. The first-order chi connectivity index (χ1) is 10.8. The molecule has 0 saturated carbocycles. The quantitative estimate of drug-likeness (QED) is 0.758. The standard InChI is InChI=1S/C16H14N2O3S/c19-16(17-8-15-5-2-6-20-15)12-3-1-4-14(7-12)21-9-13-10-22-11-18-13/h1-7,10-11H,8-9H2,(H,17,19). The average Bonchev–Trinajstić information content (AvgIpc) is 3.24. The highest BCUT2D eigenvalue weighted by atomic mass is 32.1. The monoisotopic (exact) mass is 314 g/mol.